The van der Waals surface area contributed by atoms with Gasteiger partial charge in [-0.15, -0.1) is 0 Å². The Morgan fingerprint density at radius 2 is 1.71 bits per heavy atom. The van der Waals surface area contributed by atoms with Gasteiger partial charge in [0.05, 0.1) is 11.7 Å². The van der Waals surface area contributed by atoms with Crippen LogP contribution in [0.25, 0.3) is 0 Å². The third-order valence-electron chi connectivity index (χ3n) is 2.09. The van der Waals surface area contributed by atoms with Crippen LogP contribution in [0.3, 0.4) is 0 Å². The Morgan fingerprint density at radius 3 is 2.14 bits per heavy atom. The first-order valence-electron chi connectivity index (χ1n) is 4.48. The van der Waals surface area contributed by atoms with Gasteiger partial charge in [-0.25, -0.2) is 0 Å². The Labute approximate surface area is 94.6 Å². The van der Waals surface area contributed by atoms with Gasteiger partial charge in [0.25, 0.3) is 0 Å². The molecule has 0 aliphatic rings. The first kappa shape index (κ1) is 11.8. The second-order valence-corrected chi connectivity index (χ2v) is 5.33. The second-order valence-electron chi connectivity index (χ2n) is 2.95. The molecule has 0 amide bonds. The molecule has 1 aromatic rings. The zero-order valence-electron chi connectivity index (χ0n) is 8.82. The van der Waals surface area contributed by atoms with Gasteiger partial charge in [0.2, 0.25) is 0 Å². The summed E-state index contributed by atoms with van der Waals surface area (Å²) in [5, 5.41) is 0. The van der Waals surface area contributed by atoms with Crippen molar-refractivity contribution in [1.82, 2.24) is 0 Å². The molecule has 0 bridgehead atoms. The predicted octanol–water partition coefficient (Wildman–Crippen LogP) is 3.29. The molecule has 0 aromatic heterocycles. The van der Waals surface area contributed by atoms with Gasteiger partial charge >= 0.3 is 0 Å². The highest BCUT2D eigenvalue weighted by molar-refractivity contribution is 8.16. The standard InChI is InChI=1S/C11H16OS2/c1-12-10-6-4-9(5-7-10)8-11(13-2)14-3/h4-7,11H,8H2,1-3H3. The number of thioether (sulfide) groups is 2. The van der Waals surface area contributed by atoms with Crippen LogP contribution in [0.4, 0.5) is 0 Å². The van der Waals surface area contributed by atoms with Gasteiger partial charge in [0, 0.05) is 0 Å². The first-order valence-corrected chi connectivity index (χ1v) is 7.06. The zero-order valence-corrected chi connectivity index (χ0v) is 10.5. The zero-order chi connectivity index (χ0) is 10.4. The van der Waals surface area contributed by atoms with E-state index in [1.807, 2.05) is 35.7 Å². The molecule has 0 heterocycles. The summed E-state index contributed by atoms with van der Waals surface area (Å²) in [4.78, 5) is 0. The summed E-state index contributed by atoms with van der Waals surface area (Å²) in [6.07, 6.45) is 5.43. The minimum atomic E-state index is 0.656. The molecule has 0 unspecified atom stereocenters. The number of hydrogen-bond acceptors (Lipinski definition) is 3. The van der Waals surface area contributed by atoms with Crippen molar-refractivity contribution < 1.29 is 4.74 Å². The molecule has 0 atom stereocenters. The van der Waals surface area contributed by atoms with Crippen molar-refractivity contribution in [3.05, 3.63) is 29.8 Å². The summed E-state index contributed by atoms with van der Waals surface area (Å²) in [5.74, 6) is 0.929. The maximum absolute atomic E-state index is 5.12. The minimum absolute atomic E-state index is 0.656. The van der Waals surface area contributed by atoms with Crippen molar-refractivity contribution in [3.8, 4) is 5.75 Å². The van der Waals surface area contributed by atoms with E-state index in [1.165, 1.54) is 5.56 Å². The molecule has 0 aliphatic carbocycles. The van der Waals surface area contributed by atoms with Gasteiger partial charge < -0.3 is 4.74 Å². The molecule has 0 saturated carbocycles. The third kappa shape index (κ3) is 3.46. The Balaban J connectivity index is 2.58. The number of rotatable bonds is 5. The van der Waals surface area contributed by atoms with E-state index in [1.54, 1.807) is 7.11 Å². The highest BCUT2D eigenvalue weighted by Gasteiger charge is 2.05. The molecule has 0 radical (unpaired) electrons. The fourth-order valence-corrected chi connectivity index (χ4v) is 2.70. The van der Waals surface area contributed by atoms with Crippen LogP contribution in [-0.2, 0) is 6.42 Å². The van der Waals surface area contributed by atoms with Gasteiger partial charge in [0.15, 0.2) is 0 Å². The van der Waals surface area contributed by atoms with Gasteiger partial charge in [-0.1, -0.05) is 12.1 Å². The lowest BCUT2D eigenvalue weighted by Gasteiger charge is -2.11. The second kappa shape index (κ2) is 6.25. The lowest BCUT2D eigenvalue weighted by atomic mass is 10.2. The smallest absolute Gasteiger partial charge is 0.118 e. The van der Waals surface area contributed by atoms with E-state index in [-0.39, 0.29) is 0 Å². The molecule has 0 aliphatic heterocycles. The Hall–Kier alpha value is -0.280. The highest BCUT2D eigenvalue weighted by atomic mass is 32.2. The lowest BCUT2D eigenvalue weighted by Crippen LogP contribution is -2.00. The Morgan fingerprint density at radius 1 is 1.14 bits per heavy atom. The summed E-state index contributed by atoms with van der Waals surface area (Å²) in [5.41, 5.74) is 1.37. The van der Waals surface area contributed by atoms with Crippen LogP contribution >= 0.6 is 23.5 Å². The van der Waals surface area contributed by atoms with E-state index < -0.39 is 0 Å². The van der Waals surface area contributed by atoms with Crippen molar-refractivity contribution >= 4 is 23.5 Å². The van der Waals surface area contributed by atoms with Crippen molar-refractivity contribution in [2.24, 2.45) is 0 Å². The molecule has 1 nitrogen and oxygen atoms in total. The number of benzene rings is 1. The van der Waals surface area contributed by atoms with E-state index in [2.05, 4.69) is 24.6 Å². The number of hydrogen-bond donors (Lipinski definition) is 0. The van der Waals surface area contributed by atoms with Crippen LogP contribution in [0, 0.1) is 0 Å². The van der Waals surface area contributed by atoms with Crippen LogP contribution in [0.5, 0.6) is 5.75 Å². The van der Waals surface area contributed by atoms with Crippen molar-refractivity contribution in [3.63, 3.8) is 0 Å². The monoisotopic (exact) mass is 228 g/mol. The number of methoxy groups -OCH3 is 1. The van der Waals surface area contributed by atoms with Crippen LogP contribution < -0.4 is 4.74 Å². The molecule has 0 spiro atoms. The fourth-order valence-electron chi connectivity index (χ4n) is 1.22. The normalized spacial score (nSPS) is 10.6. The molecule has 0 saturated heterocycles. The summed E-state index contributed by atoms with van der Waals surface area (Å²) in [6, 6.07) is 8.32. The summed E-state index contributed by atoms with van der Waals surface area (Å²) < 4.78 is 5.77. The van der Waals surface area contributed by atoms with Crippen molar-refractivity contribution in [2.45, 2.75) is 11.0 Å². The van der Waals surface area contributed by atoms with Crippen molar-refractivity contribution in [2.75, 3.05) is 19.6 Å². The van der Waals surface area contributed by atoms with Gasteiger partial charge in [-0.05, 0) is 36.6 Å². The molecule has 78 valence electrons. The maximum Gasteiger partial charge on any atom is 0.118 e. The predicted molar refractivity (Wildman–Crippen MR) is 67.5 cm³/mol. The molecule has 1 rings (SSSR count). The van der Waals surface area contributed by atoms with Gasteiger partial charge in [-0.2, -0.15) is 23.5 Å². The van der Waals surface area contributed by atoms with Gasteiger partial charge in [-0.3, -0.25) is 0 Å². The Kier molecular flexibility index (Phi) is 5.26. The summed E-state index contributed by atoms with van der Waals surface area (Å²) in [7, 11) is 1.70. The first-order chi connectivity index (χ1) is 6.80. The van der Waals surface area contributed by atoms with Crippen molar-refractivity contribution in [1.29, 1.82) is 0 Å². The molecular formula is C11H16OS2. The Bertz CT molecular complexity index is 254. The summed E-state index contributed by atoms with van der Waals surface area (Å²) in [6.45, 7) is 0. The number of ether oxygens (including phenoxy) is 1. The third-order valence-corrected chi connectivity index (χ3v) is 4.63. The lowest BCUT2D eigenvalue weighted by molar-refractivity contribution is 0.414. The average molecular weight is 228 g/mol. The van der Waals surface area contributed by atoms with Crippen LogP contribution in [0.15, 0.2) is 24.3 Å². The highest BCUT2D eigenvalue weighted by Crippen LogP contribution is 2.23. The molecule has 14 heavy (non-hydrogen) atoms. The van der Waals surface area contributed by atoms with E-state index in [0.717, 1.165) is 12.2 Å². The molecule has 0 fully saturated rings. The van der Waals surface area contributed by atoms with Crippen LogP contribution in [0.1, 0.15) is 5.56 Å². The average Bonchev–Trinajstić information content (AvgIpc) is 2.26. The van der Waals surface area contributed by atoms with E-state index >= 15 is 0 Å². The fraction of sp³-hybridized carbons (Fsp3) is 0.455. The van der Waals surface area contributed by atoms with Crippen LogP contribution in [0.2, 0.25) is 0 Å². The SMILES string of the molecule is COc1ccc(CC(SC)SC)cc1. The minimum Gasteiger partial charge on any atom is -0.497 e. The molecular weight excluding hydrogens is 212 g/mol. The molecule has 3 heteroatoms. The largest absolute Gasteiger partial charge is 0.497 e. The maximum atomic E-state index is 5.12. The molecule has 1 aromatic carbocycles. The van der Waals surface area contributed by atoms with E-state index in [9.17, 15) is 0 Å². The van der Waals surface area contributed by atoms with E-state index in [4.69, 9.17) is 4.74 Å². The van der Waals surface area contributed by atoms with Gasteiger partial charge in [0.1, 0.15) is 5.75 Å². The van der Waals surface area contributed by atoms with Crippen LogP contribution in [-0.4, -0.2) is 24.2 Å². The quantitative estimate of drug-likeness (QED) is 0.716. The molecule has 0 N–H and O–H groups in total. The van der Waals surface area contributed by atoms with E-state index in [0.29, 0.717) is 4.58 Å². The summed E-state index contributed by atoms with van der Waals surface area (Å²) >= 11 is 3.81. The topological polar surface area (TPSA) is 9.23 Å².